The van der Waals surface area contributed by atoms with E-state index in [0.717, 1.165) is 11.3 Å². The number of aryl methyl sites for hydroxylation is 1. The van der Waals surface area contributed by atoms with E-state index in [1.54, 1.807) is 6.92 Å². The number of urea groups is 1. The lowest BCUT2D eigenvalue weighted by atomic mass is 9.64. The Bertz CT molecular complexity index is 848. The third-order valence-electron chi connectivity index (χ3n) is 5.17. The number of carbonyl (C=O) groups is 4. The molecular weight excluding hydrogens is 380 g/mol. The molecule has 1 spiro atoms. The summed E-state index contributed by atoms with van der Waals surface area (Å²) in [5.74, 6) is -0.887. The number of rotatable bonds is 5. The molecule has 10 nitrogen and oxygen atoms in total. The lowest BCUT2D eigenvalue weighted by Crippen LogP contribution is -2.54. The van der Waals surface area contributed by atoms with Gasteiger partial charge in [0.25, 0.3) is 11.8 Å². The minimum Gasteiger partial charge on any atom is -0.454 e. The van der Waals surface area contributed by atoms with Gasteiger partial charge in [0.1, 0.15) is 17.8 Å². The van der Waals surface area contributed by atoms with Crippen molar-refractivity contribution < 1.29 is 28.4 Å². The van der Waals surface area contributed by atoms with Gasteiger partial charge in [0.15, 0.2) is 12.4 Å². The van der Waals surface area contributed by atoms with Crippen LogP contribution in [-0.2, 0) is 19.1 Å². The topological polar surface area (TPSA) is 131 Å². The molecular formula is C19H26N4O6. The van der Waals surface area contributed by atoms with Crippen molar-refractivity contribution in [2.45, 2.75) is 52.5 Å². The fourth-order valence-electron chi connectivity index (χ4n) is 4.57. The Morgan fingerprint density at radius 1 is 1.38 bits per heavy atom. The average molecular weight is 406 g/mol. The Balaban J connectivity index is 1.55. The van der Waals surface area contributed by atoms with Crippen molar-refractivity contribution in [1.82, 2.24) is 15.4 Å². The van der Waals surface area contributed by atoms with Crippen LogP contribution in [0.5, 0.6) is 0 Å². The van der Waals surface area contributed by atoms with E-state index in [-0.39, 0.29) is 17.2 Å². The SMILES string of the molecule is Cc1cc(NC(=O)COC(=O)CN2C(=O)N[C@@]3(C[C@@H](C)CC(C)(C)C3)C2=O)no1. The first-order chi connectivity index (χ1) is 13.5. The van der Waals surface area contributed by atoms with Crippen molar-refractivity contribution in [3.05, 3.63) is 11.8 Å². The van der Waals surface area contributed by atoms with Crippen LogP contribution in [0.2, 0.25) is 0 Å². The Labute approximate surface area is 168 Å². The number of nitrogens with zero attached hydrogens (tertiary/aromatic N) is 2. The number of carbonyl (C=O) groups excluding carboxylic acids is 4. The zero-order chi connectivity index (χ0) is 21.4. The van der Waals surface area contributed by atoms with Crippen LogP contribution >= 0.6 is 0 Å². The summed E-state index contributed by atoms with van der Waals surface area (Å²) in [5.41, 5.74) is -1.09. The minimum absolute atomic E-state index is 0.102. The van der Waals surface area contributed by atoms with Gasteiger partial charge in [-0.3, -0.25) is 19.3 Å². The Morgan fingerprint density at radius 2 is 2.10 bits per heavy atom. The predicted octanol–water partition coefficient (Wildman–Crippen LogP) is 1.60. The maximum atomic E-state index is 13.0. The Hall–Kier alpha value is -2.91. The number of hydrogen-bond donors (Lipinski definition) is 2. The molecule has 1 aromatic rings. The second-order valence-corrected chi connectivity index (χ2v) is 8.79. The van der Waals surface area contributed by atoms with Gasteiger partial charge in [-0.25, -0.2) is 4.79 Å². The van der Waals surface area contributed by atoms with Gasteiger partial charge < -0.3 is 19.9 Å². The molecule has 2 N–H and O–H groups in total. The monoisotopic (exact) mass is 406 g/mol. The van der Waals surface area contributed by atoms with E-state index in [0.29, 0.717) is 18.6 Å². The summed E-state index contributed by atoms with van der Waals surface area (Å²) in [5, 5.41) is 8.80. The average Bonchev–Trinajstić information content (AvgIpc) is 3.07. The molecule has 2 fully saturated rings. The number of hydrogen-bond acceptors (Lipinski definition) is 7. The Kier molecular flexibility index (Phi) is 5.38. The first-order valence-corrected chi connectivity index (χ1v) is 9.53. The third kappa shape index (κ3) is 4.57. The highest BCUT2D eigenvalue weighted by molar-refractivity contribution is 6.09. The van der Waals surface area contributed by atoms with Crippen molar-refractivity contribution in [3.8, 4) is 0 Å². The van der Waals surface area contributed by atoms with Gasteiger partial charge in [-0.1, -0.05) is 25.9 Å². The van der Waals surface area contributed by atoms with Gasteiger partial charge >= 0.3 is 12.0 Å². The first kappa shape index (κ1) is 20.8. The Morgan fingerprint density at radius 3 is 2.72 bits per heavy atom. The molecule has 1 saturated heterocycles. The van der Waals surface area contributed by atoms with Gasteiger partial charge in [0, 0.05) is 6.07 Å². The smallest absolute Gasteiger partial charge is 0.326 e. The molecule has 0 radical (unpaired) electrons. The molecule has 10 heteroatoms. The molecule has 2 heterocycles. The van der Waals surface area contributed by atoms with Crippen molar-refractivity contribution in [3.63, 3.8) is 0 Å². The molecule has 29 heavy (non-hydrogen) atoms. The predicted molar refractivity (Wildman–Crippen MR) is 101 cm³/mol. The molecule has 0 bridgehead atoms. The second kappa shape index (κ2) is 7.49. The summed E-state index contributed by atoms with van der Waals surface area (Å²) in [4.78, 5) is 50.1. The van der Waals surface area contributed by atoms with Crippen LogP contribution < -0.4 is 10.6 Å². The van der Waals surface area contributed by atoms with Crippen molar-refractivity contribution in [2.75, 3.05) is 18.5 Å². The van der Waals surface area contributed by atoms with Crippen molar-refractivity contribution >= 4 is 29.6 Å². The summed E-state index contributed by atoms with van der Waals surface area (Å²) in [6.45, 7) is 6.74. The summed E-state index contributed by atoms with van der Waals surface area (Å²) < 4.78 is 9.72. The fourth-order valence-corrected chi connectivity index (χ4v) is 4.57. The number of esters is 1. The highest BCUT2D eigenvalue weighted by Gasteiger charge is 2.56. The lowest BCUT2D eigenvalue weighted by molar-refractivity contribution is -0.150. The molecule has 158 valence electrons. The van der Waals surface area contributed by atoms with Crippen LogP contribution in [0.1, 0.15) is 45.8 Å². The van der Waals surface area contributed by atoms with Crippen LogP contribution in [0.3, 0.4) is 0 Å². The highest BCUT2D eigenvalue weighted by atomic mass is 16.5. The van der Waals surface area contributed by atoms with E-state index in [1.165, 1.54) is 6.07 Å². The normalized spacial score (nSPS) is 25.8. The van der Waals surface area contributed by atoms with E-state index in [4.69, 9.17) is 9.26 Å². The van der Waals surface area contributed by atoms with Crippen LogP contribution in [0, 0.1) is 18.3 Å². The summed E-state index contributed by atoms with van der Waals surface area (Å²) in [7, 11) is 0. The number of amides is 4. The van der Waals surface area contributed by atoms with E-state index in [2.05, 4.69) is 29.6 Å². The summed E-state index contributed by atoms with van der Waals surface area (Å²) in [6, 6.07) is 0.901. The standard InChI is InChI=1S/C19H26N4O6/c1-11-6-18(3,4)10-19(7-11)16(26)23(17(27)21-19)8-15(25)28-9-14(24)20-13-5-12(2)29-22-13/h5,11H,6-10H2,1-4H3,(H,21,27)(H,20,22,24)/t11-,19+/m0/s1. The number of nitrogens with one attached hydrogen (secondary N) is 2. The third-order valence-corrected chi connectivity index (χ3v) is 5.17. The van der Waals surface area contributed by atoms with E-state index < -0.39 is 42.5 Å². The van der Waals surface area contributed by atoms with Crippen LogP contribution in [-0.4, -0.2) is 52.6 Å². The molecule has 1 aliphatic carbocycles. The first-order valence-electron chi connectivity index (χ1n) is 9.53. The molecule has 2 atom stereocenters. The number of ether oxygens (including phenoxy) is 1. The van der Waals surface area contributed by atoms with E-state index in [9.17, 15) is 19.2 Å². The number of anilines is 1. The molecule has 1 aliphatic heterocycles. The van der Waals surface area contributed by atoms with Gasteiger partial charge in [0.05, 0.1) is 0 Å². The van der Waals surface area contributed by atoms with Gasteiger partial charge in [-0.2, -0.15) is 0 Å². The van der Waals surface area contributed by atoms with Gasteiger partial charge in [-0.05, 0) is 37.5 Å². The van der Waals surface area contributed by atoms with Crippen LogP contribution in [0.4, 0.5) is 10.6 Å². The molecule has 4 amide bonds. The number of imide groups is 1. The zero-order valence-electron chi connectivity index (χ0n) is 17.0. The molecule has 0 unspecified atom stereocenters. The summed E-state index contributed by atoms with van der Waals surface area (Å²) in [6.07, 6.45) is 2.01. The van der Waals surface area contributed by atoms with E-state index >= 15 is 0 Å². The second-order valence-electron chi connectivity index (χ2n) is 8.79. The summed E-state index contributed by atoms with van der Waals surface area (Å²) >= 11 is 0. The van der Waals surface area contributed by atoms with Gasteiger partial charge in [-0.15, -0.1) is 0 Å². The minimum atomic E-state index is -0.985. The lowest BCUT2D eigenvalue weighted by Gasteiger charge is -2.43. The van der Waals surface area contributed by atoms with Crippen LogP contribution in [0.25, 0.3) is 0 Å². The van der Waals surface area contributed by atoms with Crippen molar-refractivity contribution in [1.29, 1.82) is 0 Å². The molecule has 1 aromatic heterocycles. The maximum absolute atomic E-state index is 13.0. The van der Waals surface area contributed by atoms with Crippen LogP contribution in [0.15, 0.2) is 10.6 Å². The highest BCUT2D eigenvalue weighted by Crippen LogP contribution is 2.46. The van der Waals surface area contributed by atoms with Crippen molar-refractivity contribution in [2.24, 2.45) is 11.3 Å². The largest absolute Gasteiger partial charge is 0.454 e. The zero-order valence-corrected chi connectivity index (χ0v) is 17.0. The molecule has 1 saturated carbocycles. The van der Waals surface area contributed by atoms with E-state index in [1.807, 2.05) is 6.92 Å². The quantitative estimate of drug-likeness (QED) is 0.561. The fraction of sp³-hybridized carbons (Fsp3) is 0.632. The molecule has 2 aliphatic rings. The maximum Gasteiger partial charge on any atom is 0.326 e. The molecule has 0 aromatic carbocycles. The van der Waals surface area contributed by atoms with Gasteiger partial charge in [0.2, 0.25) is 0 Å². The molecule has 3 rings (SSSR count). The number of aromatic nitrogens is 1.